The lowest BCUT2D eigenvalue weighted by molar-refractivity contribution is -0.133. The van der Waals surface area contributed by atoms with Crippen LogP contribution in [-0.2, 0) is 11.2 Å². The number of aromatic nitrogens is 1. The summed E-state index contributed by atoms with van der Waals surface area (Å²) in [6.07, 6.45) is 0.728. The van der Waals surface area contributed by atoms with E-state index in [4.69, 9.17) is 16.3 Å². The zero-order valence-corrected chi connectivity index (χ0v) is 18.3. The largest absolute Gasteiger partial charge is 0.426 e. The van der Waals surface area contributed by atoms with Crippen molar-refractivity contribution < 1.29 is 19.1 Å². The molecule has 0 bridgehead atoms. The Bertz CT molecular complexity index is 1340. The molecule has 32 heavy (non-hydrogen) atoms. The monoisotopic (exact) mass is 445 g/mol. The molecule has 3 aromatic carbocycles. The lowest BCUT2D eigenvalue weighted by Gasteiger charge is -2.08. The number of carbonyl (C=O) groups is 3. The number of hydrogen-bond donors (Lipinski definition) is 0. The van der Waals surface area contributed by atoms with Crippen LogP contribution in [0.2, 0.25) is 5.02 Å². The molecule has 0 unspecified atom stereocenters. The van der Waals surface area contributed by atoms with Crippen molar-refractivity contribution in [3.8, 4) is 5.75 Å². The smallest absolute Gasteiger partial charge is 0.315 e. The number of halogens is 1. The number of benzene rings is 3. The van der Waals surface area contributed by atoms with Crippen LogP contribution >= 0.6 is 11.6 Å². The van der Waals surface area contributed by atoms with Crippen molar-refractivity contribution in [1.29, 1.82) is 0 Å². The molecule has 0 N–H and O–H groups in total. The van der Waals surface area contributed by atoms with E-state index >= 15 is 0 Å². The van der Waals surface area contributed by atoms with E-state index in [2.05, 4.69) is 0 Å². The van der Waals surface area contributed by atoms with E-state index in [9.17, 15) is 14.4 Å². The number of aryl methyl sites for hydroxylation is 1. The molecule has 160 valence electrons. The highest BCUT2D eigenvalue weighted by molar-refractivity contribution is 6.30. The molecule has 5 nitrogen and oxygen atoms in total. The first kappa shape index (κ1) is 21.5. The lowest BCUT2D eigenvalue weighted by atomic mass is 10.1. The number of nitrogens with zero attached hydrogens (tertiary/aromatic N) is 1. The number of esters is 1. The molecule has 0 saturated carbocycles. The maximum atomic E-state index is 13.3. The maximum Gasteiger partial charge on any atom is 0.315 e. The second-order valence-electron chi connectivity index (χ2n) is 7.57. The summed E-state index contributed by atoms with van der Waals surface area (Å²) in [5.74, 6) is -0.293. The SMILES string of the molecule is Cc1ccc2c(c1)c(CC(=O)Oc1ccc(C=O)cc1)c(C)n2C(=O)c1ccc(Cl)cc1. The molecule has 6 heteroatoms. The predicted octanol–water partition coefficient (Wildman–Crippen LogP) is 5.56. The summed E-state index contributed by atoms with van der Waals surface area (Å²) in [5.41, 5.74) is 4.16. The topological polar surface area (TPSA) is 65.4 Å². The van der Waals surface area contributed by atoms with E-state index in [0.717, 1.165) is 28.3 Å². The van der Waals surface area contributed by atoms with E-state index in [-0.39, 0.29) is 12.3 Å². The third-order valence-electron chi connectivity index (χ3n) is 5.35. The summed E-state index contributed by atoms with van der Waals surface area (Å²) < 4.78 is 7.08. The van der Waals surface area contributed by atoms with E-state index in [1.165, 1.54) is 0 Å². The Labute approximate surface area is 190 Å². The standard InChI is InChI=1S/C26H20ClNO4/c1-16-3-12-24-23(13-16)22(14-25(30)32-21-10-4-18(15-29)5-11-21)17(2)28(24)26(31)19-6-8-20(27)9-7-19/h3-13,15H,14H2,1-2H3. The van der Waals surface area contributed by atoms with Gasteiger partial charge in [-0.1, -0.05) is 23.2 Å². The zero-order valence-electron chi connectivity index (χ0n) is 17.6. The third-order valence-corrected chi connectivity index (χ3v) is 5.61. The van der Waals surface area contributed by atoms with Crippen molar-refractivity contribution in [3.05, 3.63) is 99.7 Å². The fourth-order valence-corrected chi connectivity index (χ4v) is 3.86. The molecule has 0 amide bonds. The Kier molecular flexibility index (Phi) is 5.93. The second kappa shape index (κ2) is 8.81. The molecule has 0 fully saturated rings. The van der Waals surface area contributed by atoms with E-state index < -0.39 is 5.97 Å². The molecule has 1 heterocycles. The van der Waals surface area contributed by atoms with E-state index in [0.29, 0.717) is 27.6 Å². The molecule has 0 saturated heterocycles. The van der Waals surface area contributed by atoms with Crippen molar-refractivity contribution in [2.45, 2.75) is 20.3 Å². The van der Waals surface area contributed by atoms with Gasteiger partial charge in [-0.2, -0.15) is 0 Å². The Morgan fingerprint density at radius 3 is 2.31 bits per heavy atom. The summed E-state index contributed by atoms with van der Waals surface area (Å²) in [6.45, 7) is 3.79. The Hall–Kier alpha value is -3.70. The van der Waals surface area contributed by atoms with Gasteiger partial charge in [0.15, 0.2) is 0 Å². The molecule has 0 aliphatic carbocycles. The van der Waals surface area contributed by atoms with Crippen LogP contribution in [0.3, 0.4) is 0 Å². The van der Waals surface area contributed by atoms with Gasteiger partial charge in [-0.3, -0.25) is 19.0 Å². The van der Waals surface area contributed by atoms with Crippen molar-refractivity contribution in [3.63, 3.8) is 0 Å². The number of aldehydes is 1. The average Bonchev–Trinajstić information content (AvgIpc) is 3.05. The van der Waals surface area contributed by atoms with Crippen LogP contribution in [-0.4, -0.2) is 22.7 Å². The second-order valence-corrected chi connectivity index (χ2v) is 8.01. The zero-order chi connectivity index (χ0) is 22.8. The summed E-state index contributed by atoms with van der Waals surface area (Å²) in [4.78, 5) is 36.8. The summed E-state index contributed by atoms with van der Waals surface area (Å²) in [7, 11) is 0. The molecule has 0 radical (unpaired) electrons. The van der Waals surface area contributed by atoms with Gasteiger partial charge >= 0.3 is 5.97 Å². The quantitative estimate of drug-likeness (QED) is 0.229. The number of ether oxygens (including phenoxy) is 1. The fourth-order valence-electron chi connectivity index (χ4n) is 3.73. The van der Waals surface area contributed by atoms with Crippen molar-refractivity contribution in [1.82, 2.24) is 4.57 Å². The van der Waals surface area contributed by atoms with Gasteiger partial charge in [-0.15, -0.1) is 0 Å². The molecule has 0 spiro atoms. The first-order chi connectivity index (χ1) is 15.4. The van der Waals surface area contributed by atoms with Crippen LogP contribution < -0.4 is 4.74 Å². The molecule has 4 aromatic rings. The molecular formula is C26H20ClNO4. The highest BCUT2D eigenvalue weighted by Gasteiger charge is 2.22. The number of fused-ring (bicyclic) bond motifs is 1. The van der Waals surface area contributed by atoms with Gasteiger partial charge in [0.05, 0.1) is 11.9 Å². The average molecular weight is 446 g/mol. The lowest BCUT2D eigenvalue weighted by Crippen LogP contribution is -2.15. The van der Waals surface area contributed by atoms with Gasteiger partial charge in [-0.25, -0.2) is 0 Å². The minimum Gasteiger partial charge on any atom is -0.426 e. The van der Waals surface area contributed by atoms with Crippen molar-refractivity contribution >= 4 is 40.7 Å². The fraction of sp³-hybridized carbons (Fsp3) is 0.115. The first-order valence-corrected chi connectivity index (χ1v) is 10.4. The highest BCUT2D eigenvalue weighted by Crippen LogP contribution is 2.29. The Balaban J connectivity index is 1.70. The molecular weight excluding hydrogens is 426 g/mol. The van der Waals surface area contributed by atoms with Gasteiger partial charge in [0.1, 0.15) is 12.0 Å². The van der Waals surface area contributed by atoms with Gasteiger partial charge in [-0.05, 0) is 80.1 Å². The van der Waals surface area contributed by atoms with Crippen molar-refractivity contribution in [2.75, 3.05) is 0 Å². The highest BCUT2D eigenvalue weighted by atomic mass is 35.5. The molecule has 4 rings (SSSR count). The first-order valence-electron chi connectivity index (χ1n) is 10.0. The summed E-state index contributed by atoms with van der Waals surface area (Å²) in [5, 5.41) is 1.38. The number of carbonyl (C=O) groups excluding carboxylic acids is 3. The van der Waals surface area contributed by atoms with Gasteiger partial charge in [0.2, 0.25) is 0 Å². The Morgan fingerprint density at radius 1 is 0.969 bits per heavy atom. The van der Waals surface area contributed by atoms with Crippen LogP contribution in [0.15, 0.2) is 66.7 Å². The molecule has 0 aliphatic rings. The summed E-state index contributed by atoms with van der Waals surface area (Å²) in [6, 6.07) is 18.8. The predicted molar refractivity (Wildman–Crippen MR) is 124 cm³/mol. The van der Waals surface area contributed by atoms with Crippen LogP contribution in [0.4, 0.5) is 0 Å². The minimum atomic E-state index is -0.452. The van der Waals surface area contributed by atoms with E-state index in [1.54, 1.807) is 53.1 Å². The maximum absolute atomic E-state index is 13.3. The van der Waals surface area contributed by atoms with Gasteiger partial charge in [0.25, 0.3) is 5.91 Å². The third kappa shape index (κ3) is 4.20. The number of hydrogen-bond acceptors (Lipinski definition) is 4. The van der Waals surface area contributed by atoms with Gasteiger partial charge in [0, 0.05) is 27.2 Å². The van der Waals surface area contributed by atoms with E-state index in [1.807, 2.05) is 32.0 Å². The van der Waals surface area contributed by atoms with Crippen LogP contribution in [0.1, 0.15) is 37.5 Å². The van der Waals surface area contributed by atoms with Crippen LogP contribution in [0.5, 0.6) is 5.75 Å². The molecule has 1 aromatic heterocycles. The van der Waals surface area contributed by atoms with Gasteiger partial charge < -0.3 is 4.74 Å². The normalized spacial score (nSPS) is 10.8. The van der Waals surface area contributed by atoms with Crippen molar-refractivity contribution in [2.24, 2.45) is 0 Å². The van der Waals surface area contributed by atoms with Crippen LogP contribution in [0.25, 0.3) is 10.9 Å². The summed E-state index contributed by atoms with van der Waals surface area (Å²) >= 11 is 5.96. The Morgan fingerprint density at radius 2 is 1.66 bits per heavy atom. The molecule has 0 atom stereocenters. The number of rotatable bonds is 5. The minimum absolute atomic E-state index is 0.00210. The molecule has 0 aliphatic heterocycles. The van der Waals surface area contributed by atoms with Crippen LogP contribution in [0, 0.1) is 13.8 Å².